The number of nitrogens with one attached hydrogen (secondary N) is 2. The molecule has 31 heavy (non-hydrogen) atoms. The molecule has 0 atom stereocenters. The first-order chi connectivity index (χ1) is 14.8. The SMILES string of the molecule is N=C1C2=C(CCCN1C(=N)C1CCN(CCc3cccc(C(F)(F)F)c3)CC1)SCC2. The molecule has 0 bridgehead atoms. The Morgan fingerprint density at radius 3 is 2.65 bits per heavy atom. The van der Waals surface area contributed by atoms with Crippen LogP contribution in [-0.2, 0) is 12.6 Å². The van der Waals surface area contributed by atoms with Crippen LogP contribution in [0.4, 0.5) is 13.2 Å². The maximum atomic E-state index is 12.9. The van der Waals surface area contributed by atoms with Crippen molar-refractivity contribution < 1.29 is 13.2 Å². The Morgan fingerprint density at radius 2 is 1.90 bits per heavy atom. The van der Waals surface area contributed by atoms with Crippen molar-refractivity contribution in [3.05, 3.63) is 45.9 Å². The number of piperidine rings is 1. The third-order valence-electron chi connectivity index (χ3n) is 6.54. The van der Waals surface area contributed by atoms with Crippen LogP contribution >= 0.6 is 11.8 Å². The molecule has 0 spiro atoms. The number of benzene rings is 1. The monoisotopic (exact) mass is 450 g/mol. The number of alkyl halides is 3. The van der Waals surface area contributed by atoms with Crippen LogP contribution in [0.25, 0.3) is 0 Å². The number of likely N-dealkylation sites (tertiary alicyclic amines) is 1. The van der Waals surface area contributed by atoms with Crippen molar-refractivity contribution >= 4 is 23.4 Å². The summed E-state index contributed by atoms with van der Waals surface area (Å²) in [5.41, 5.74) is 1.27. The summed E-state index contributed by atoms with van der Waals surface area (Å²) in [5, 5.41) is 17.4. The zero-order valence-electron chi connectivity index (χ0n) is 17.6. The van der Waals surface area contributed by atoms with E-state index in [1.807, 2.05) is 16.7 Å². The molecule has 8 heteroatoms. The molecule has 0 aliphatic carbocycles. The number of hydrogen-bond donors (Lipinski definition) is 2. The zero-order chi connectivity index (χ0) is 22.0. The van der Waals surface area contributed by atoms with E-state index in [0.717, 1.165) is 75.7 Å². The Kier molecular flexibility index (Phi) is 6.77. The van der Waals surface area contributed by atoms with Crippen LogP contribution < -0.4 is 0 Å². The number of thioether (sulfide) groups is 1. The third kappa shape index (κ3) is 5.17. The Balaban J connectivity index is 1.29. The van der Waals surface area contributed by atoms with E-state index in [2.05, 4.69) is 4.90 Å². The second kappa shape index (κ2) is 9.36. The molecular weight excluding hydrogens is 421 g/mol. The van der Waals surface area contributed by atoms with E-state index in [4.69, 9.17) is 10.8 Å². The Morgan fingerprint density at radius 1 is 1.13 bits per heavy atom. The number of allylic oxidation sites excluding steroid dienone is 1. The van der Waals surface area contributed by atoms with E-state index < -0.39 is 11.7 Å². The smallest absolute Gasteiger partial charge is 0.315 e. The van der Waals surface area contributed by atoms with E-state index in [-0.39, 0.29) is 5.92 Å². The second-order valence-corrected chi connectivity index (χ2v) is 9.74. The van der Waals surface area contributed by atoms with E-state index in [0.29, 0.717) is 23.7 Å². The summed E-state index contributed by atoms with van der Waals surface area (Å²) in [7, 11) is 0. The summed E-state index contributed by atoms with van der Waals surface area (Å²) in [6.45, 7) is 3.17. The summed E-state index contributed by atoms with van der Waals surface area (Å²) in [6, 6.07) is 5.60. The largest absolute Gasteiger partial charge is 0.416 e. The van der Waals surface area contributed by atoms with Crippen LogP contribution in [-0.4, -0.2) is 53.4 Å². The lowest BCUT2D eigenvalue weighted by molar-refractivity contribution is -0.137. The fourth-order valence-electron chi connectivity index (χ4n) is 4.73. The van der Waals surface area contributed by atoms with Gasteiger partial charge in [0, 0.05) is 30.3 Å². The molecule has 1 fully saturated rings. The molecule has 0 saturated carbocycles. The van der Waals surface area contributed by atoms with Crippen molar-refractivity contribution in [3.8, 4) is 0 Å². The van der Waals surface area contributed by atoms with Gasteiger partial charge in [0.05, 0.1) is 5.56 Å². The van der Waals surface area contributed by atoms with Gasteiger partial charge in [-0.05, 0) is 68.1 Å². The van der Waals surface area contributed by atoms with Crippen LogP contribution in [0.15, 0.2) is 34.7 Å². The lowest BCUT2D eigenvalue weighted by Crippen LogP contribution is -2.45. The predicted molar refractivity (Wildman–Crippen MR) is 120 cm³/mol. The molecule has 3 heterocycles. The van der Waals surface area contributed by atoms with Crippen LogP contribution in [0.3, 0.4) is 0 Å². The fraction of sp³-hybridized carbons (Fsp3) is 0.565. The van der Waals surface area contributed by atoms with E-state index in [1.54, 1.807) is 6.07 Å². The number of amidine groups is 2. The Bertz CT molecular complexity index is 872. The van der Waals surface area contributed by atoms with Crippen molar-refractivity contribution in [2.75, 3.05) is 31.9 Å². The van der Waals surface area contributed by atoms with Gasteiger partial charge in [-0.3, -0.25) is 10.8 Å². The molecule has 0 radical (unpaired) electrons. The molecule has 1 aromatic carbocycles. The summed E-state index contributed by atoms with van der Waals surface area (Å²) in [5.74, 6) is 2.32. The van der Waals surface area contributed by atoms with Gasteiger partial charge in [-0.1, -0.05) is 18.2 Å². The highest BCUT2D eigenvalue weighted by molar-refractivity contribution is 8.03. The van der Waals surface area contributed by atoms with Crippen molar-refractivity contribution in [1.82, 2.24) is 9.80 Å². The molecule has 1 aromatic rings. The molecule has 2 N–H and O–H groups in total. The number of nitrogens with zero attached hydrogens (tertiary/aromatic N) is 2. The van der Waals surface area contributed by atoms with Gasteiger partial charge in [0.25, 0.3) is 0 Å². The van der Waals surface area contributed by atoms with E-state index >= 15 is 0 Å². The standard InChI is InChI=1S/C23H29F3N4S/c24-23(25,26)18-4-1-3-16(15-18)6-11-29-12-7-17(8-13-29)21(27)30-10-2-5-20-19(22(30)28)9-14-31-20/h1,3-4,15,17,27-28H,2,5-14H2. The summed E-state index contributed by atoms with van der Waals surface area (Å²) >= 11 is 1.87. The maximum Gasteiger partial charge on any atom is 0.416 e. The average molecular weight is 451 g/mol. The van der Waals surface area contributed by atoms with Crippen molar-refractivity contribution in [2.24, 2.45) is 5.92 Å². The lowest BCUT2D eigenvalue weighted by atomic mass is 9.94. The zero-order valence-corrected chi connectivity index (χ0v) is 18.4. The molecule has 0 unspecified atom stereocenters. The minimum Gasteiger partial charge on any atom is -0.315 e. The van der Waals surface area contributed by atoms with Gasteiger partial charge in [-0.15, -0.1) is 11.8 Å². The molecule has 0 aromatic heterocycles. The topological polar surface area (TPSA) is 54.2 Å². The minimum atomic E-state index is -4.30. The number of rotatable bonds is 4. The fourth-order valence-corrected chi connectivity index (χ4v) is 5.94. The molecule has 0 amide bonds. The highest BCUT2D eigenvalue weighted by atomic mass is 32.2. The van der Waals surface area contributed by atoms with Crippen LogP contribution in [0.2, 0.25) is 0 Å². The van der Waals surface area contributed by atoms with Gasteiger partial charge in [0.2, 0.25) is 0 Å². The van der Waals surface area contributed by atoms with Crippen molar-refractivity contribution in [2.45, 2.75) is 44.7 Å². The normalized spacial score (nSPS) is 21.4. The molecule has 4 rings (SSSR count). The number of halogens is 3. The Labute approximate surface area is 185 Å². The summed E-state index contributed by atoms with van der Waals surface area (Å²) in [6.07, 6.45) is 0.988. The van der Waals surface area contributed by atoms with Crippen molar-refractivity contribution in [3.63, 3.8) is 0 Å². The molecular formula is C23H29F3N4S. The molecule has 168 valence electrons. The summed E-state index contributed by atoms with van der Waals surface area (Å²) < 4.78 is 38.7. The van der Waals surface area contributed by atoms with E-state index in [1.165, 1.54) is 17.0 Å². The van der Waals surface area contributed by atoms with Gasteiger partial charge in [-0.2, -0.15) is 13.2 Å². The predicted octanol–water partition coefficient (Wildman–Crippen LogP) is 5.40. The molecule has 3 aliphatic heterocycles. The van der Waals surface area contributed by atoms with E-state index in [9.17, 15) is 13.2 Å². The molecule has 4 nitrogen and oxygen atoms in total. The Hall–Kier alpha value is -1.80. The first-order valence-electron chi connectivity index (χ1n) is 11.0. The van der Waals surface area contributed by atoms with Gasteiger partial charge in [0.15, 0.2) is 0 Å². The van der Waals surface area contributed by atoms with Gasteiger partial charge in [-0.25, -0.2) is 0 Å². The summed E-state index contributed by atoms with van der Waals surface area (Å²) in [4.78, 5) is 5.56. The average Bonchev–Trinajstić information content (AvgIpc) is 3.17. The van der Waals surface area contributed by atoms with Gasteiger partial charge in [0.1, 0.15) is 11.7 Å². The highest BCUT2D eigenvalue weighted by Crippen LogP contribution is 2.38. The number of hydrogen-bond acceptors (Lipinski definition) is 4. The minimum absolute atomic E-state index is 0.154. The quantitative estimate of drug-likeness (QED) is 0.477. The van der Waals surface area contributed by atoms with Gasteiger partial charge >= 0.3 is 6.18 Å². The first-order valence-corrected chi connectivity index (χ1v) is 12.0. The third-order valence-corrected chi connectivity index (χ3v) is 7.75. The van der Waals surface area contributed by atoms with Crippen LogP contribution in [0.5, 0.6) is 0 Å². The van der Waals surface area contributed by atoms with Crippen molar-refractivity contribution in [1.29, 1.82) is 10.8 Å². The highest BCUT2D eigenvalue weighted by Gasteiger charge is 2.32. The lowest BCUT2D eigenvalue weighted by Gasteiger charge is -2.36. The van der Waals surface area contributed by atoms with Crippen LogP contribution in [0.1, 0.15) is 43.2 Å². The molecule has 3 aliphatic rings. The molecule has 1 saturated heterocycles. The first kappa shape index (κ1) is 22.4. The van der Waals surface area contributed by atoms with Gasteiger partial charge < -0.3 is 9.80 Å². The maximum absolute atomic E-state index is 12.9. The van der Waals surface area contributed by atoms with Crippen LogP contribution in [0, 0.1) is 16.7 Å². The second-order valence-electron chi connectivity index (χ2n) is 8.55.